The minimum absolute atomic E-state index is 0.782. The molecule has 1 aliphatic rings. The molecule has 0 radical (unpaired) electrons. The summed E-state index contributed by atoms with van der Waals surface area (Å²) in [5.41, 5.74) is 4.92. The van der Waals surface area contributed by atoms with Crippen LogP contribution in [0.5, 0.6) is 0 Å². The highest BCUT2D eigenvalue weighted by Gasteiger charge is 2.19. The Morgan fingerprint density at radius 1 is 1.33 bits per heavy atom. The molecule has 0 aliphatic carbocycles. The van der Waals surface area contributed by atoms with Crippen molar-refractivity contribution in [2.75, 3.05) is 6.54 Å². The van der Waals surface area contributed by atoms with Gasteiger partial charge in [-0.1, -0.05) is 18.5 Å². The zero-order valence-electron chi connectivity index (χ0n) is 13.8. The smallest absolute Gasteiger partial charge is 0.128 e. The number of fused-ring (bicyclic) bond motifs is 2. The zero-order chi connectivity index (χ0) is 16.5. The molecule has 3 aromatic rings. The summed E-state index contributed by atoms with van der Waals surface area (Å²) < 4.78 is 0. The molecular weight excluding hydrogens is 320 g/mol. The Kier molecular flexibility index (Phi) is 4.25. The fourth-order valence-corrected chi connectivity index (χ4v) is 3.57. The Morgan fingerprint density at radius 3 is 3.12 bits per heavy atom. The second-order valence-corrected chi connectivity index (χ2v) is 6.91. The molecule has 1 aromatic carbocycles. The van der Waals surface area contributed by atoms with Crippen molar-refractivity contribution in [1.82, 2.24) is 19.9 Å². The van der Waals surface area contributed by atoms with Crippen LogP contribution in [0, 0.1) is 0 Å². The van der Waals surface area contributed by atoms with Crippen LogP contribution in [0.3, 0.4) is 0 Å². The topological polar surface area (TPSA) is 44.8 Å². The van der Waals surface area contributed by atoms with Crippen molar-refractivity contribution >= 4 is 22.5 Å². The number of nitrogens with one attached hydrogen (secondary N) is 1. The third kappa shape index (κ3) is 3.04. The standard InChI is InChI=1S/C19H21ClN4/c1-2-3-19-22-9-13-6-7-24(12-18(13)23-19)11-14-10-21-17-5-4-15(20)8-16(14)17/h4-5,8-10,21H,2-3,6-7,11-12H2,1H3. The van der Waals surface area contributed by atoms with E-state index in [9.17, 15) is 0 Å². The first kappa shape index (κ1) is 15.6. The lowest BCUT2D eigenvalue weighted by Gasteiger charge is -2.27. The van der Waals surface area contributed by atoms with Gasteiger partial charge >= 0.3 is 0 Å². The lowest BCUT2D eigenvalue weighted by atomic mass is 10.1. The van der Waals surface area contributed by atoms with Crippen LogP contribution >= 0.6 is 11.6 Å². The van der Waals surface area contributed by atoms with E-state index in [0.717, 1.165) is 55.3 Å². The summed E-state index contributed by atoms with van der Waals surface area (Å²) >= 11 is 6.16. The number of rotatable bonds is 4. The van der Waals surface area contributed by atoms with Gasteiger partial charge in [-0.3, -0.25) is 4.90 Å². The van der Waals surface area contributed by atoms with E-state index >= 15 is 0 Å². The maximum atomic E-state index is 6.16. The van der Waals surface area contributed by atoms with Gasteiger partial charge in [-0.05, 0) is 42.2 Å². The molecule has 1 aliphatic heterocycles. The van der Waals surface area contributed by atoms with Crippen molar-refractivity contribution in [3.8, 4) is 0 Å². The predicted octanol–water partition coefficient (Wildman–Crippen LogP) is 4.12. The lowest BCUT2D eigenvalue weighted by molar-refractivity contribution is 0.241. The van der Waals surface area contributed by atoms with Crippen LogP contribution in [0.25, 0.3) is 10.9 Å². The number of aromatic amines is 1. The molecule has 0 bridgehead atoms. The van der Waals surface area contributed by atoms with Crippen LogP contribution in [-0.4, -0.2) is 26.4 Å². The second kappa shape index (κ2) is 6.54. The number of aromatic nitrogens is 3. The maximum Gasteiger partial charge on any atom is 0.128 e. The molecule has 4 nitrogen and oxygen atoms in total. The summed E-state index contributed by atoms with van der Waals surface area (Å²) in [5.74, 6) is 0.969. The maximum absolute atomic E-state index is 6.16. The Balaban J connectivity index is 1.55. The minimum Gasteiger partial charge on any atom is -0.361 e. The zero-order valence-corrected chi connectivity index (χ0v) is 14.6. The number of hydrogen-bond acceptors (Lipinski definition) is 3. The molecule has 0 spiro atoms. The summed E-state index contributed by atoms with van der Waals surface area (Å²) in [6.45, 7) is 5.00. The molecule has 24 heavy (non-hydrogen) atoms. The molecule has 3 heterocycles. The van der Waals surface area contributed by atoms with Crippen molar-refractivity contribution in [1.29, 1.82) is 0 Å². The average Bonchev–Trinajstić information content (AvgIpc) is 2.97. The van der Waals surface area contributed by atoms with Crippen LogP contribution in [0.2, 0.25) is 5.02 Å². The van der Waals surface area contributed by atoms with E-state index in [4.69, 9.17) is 16.6 Å². The van der Waals surface area contributed by atoms with Crippen LogP contribution in [-0.2, 0) is 25.9 Å². The monoisotopic (exact) mass is 340 g/mol. The fraction of sp³-hybridized carbons (Fsp3) is 0.368. The van der Waals surface area contributed by atoms with Crippen molar-refractivity contribution in [2.24, 2.45) is 0 Å². The molecule has 124 valence electrons. The molecule has 5 heteroatoms. The van der Waals surface area contributed by atoms with Crippen molar-refractivity contribution in [2.45, 2.75) is 39.3 Å². The molecule has 0 atom stereocenters. The second-order valence-electron chi connectivity index (χ2n) is 6.47. The average molecular weight is 341 g/mol. The summed E-state index contributed by atoms with van der Waals surface area (Å²) in [5, 5.41) is 1.99. The number of nitrogens with zero attached hydrogens (tertiary/aromatic N) is 3. The van der Waals surface area contributed by atoms with Gasteiger partial charge in [0, 0.05) is 54.4 Å². The first-order valence-corrected chi connectivity index (χ1v) is 8.92. The highest BCUT2D eigenvalue weighted by atomic mass is 35.5. The lowest BCUT2D eigenvalue weighted by Crippen LogP contribution is -2.31. The number of benzene rings is 1. The molecule has 0 unspecified atom stereocenters. The minimum atomic E-state index is 0.782. The van der Waals surface area contributed by atoms with Gasteiger partial charge in [0.1, 0.15) is 5.82 Å². The molecule has 4 rings (SSSR count). The van der Waals surface area contributed by atoms with Crippen molar-refractivity contribution in [3.63, 3.8) is 0 Å². The number of halogens is 1. The van der Waals surface area contributed by atoms with Crippen molar-refractivity contribution < 1.29 is 0 Å². The van der Waals surface area contributed by atoms with E-state index in [1.807, 2.05) is 24.4 Å². The van der Waals surface area contributed by atoms with E-state index in [1.165, 1.54) is 22.2 Å². The van der Waals surface area contributed by atoms with Gasteiger partial charge < -0.3 is 4.98 Å². The highest BCUT2D eigenvalue weighted by Crippen LogP contribution is 2.25. The molecule has 0 saturated heterocycles. The quantitative estimate of drug-likeness (QED) is 0.777. The van der Waals surface area contributed by atoms with Gasteiger partial charge in [-0.2, -0.15) is 0 Å². The summed E-state index contributed by atoms with van der Waals surface area (Å²) in [7, 11) is 0. The summed E-state index contributed by atoms with van der Waals surface area (Å²) in [6, 6.07) is 6.01. The molecule has 2 aromatic heterocycles. The van der Waals surface area contributed by atoms with Gasteiger partial charge in [0.15, 0.2) is 0 Å². The SMILES string of the molecule is CCCc1ncc2c(n1)CN(Cc1c[nH]c3ccc(Cl)cc13)CC2. The summed E-state index contributed by atoms with van der Waals surface area (Å²) in [4.78, 5) is 15.1. The fourth-order valence-electron chi connectivity index (χ4n) is 3.40. The number of H-pyrrole nitrogens is 1. The van der Waals surface area contributed by atoms with Crippen LogP contribution in [0.4, 0.5) is 0 Å². The van der Waals surface area contributed by atoms with Crippen LogP contribution in [0.1, 0.15) is 36.0 Å². The molecule has 1 N–H and O–H groups in total. The Labute approximate surface area is 146 Å². The Hall–Kier alpha value is -1.91. The van der Waals surface area contributed by atoms with E-state index in [-0.39, 0.29) is 0 Å². The van der Waals surface area contributed by atoms with Gasteiger partial charge in [0.2, 0.25) is 0 Å². The highest BCUT2D eigenvalue weighted by molar-refractivity contribution is 6.31. The number of aryl methyl sites for hydroxylation is 1. The first-order chi connectivity index (χ1) is 11.7. The van der Waals surface area contributed by atoms with Crippen LogP contribution < -0.4 is 0 Å². The summed E-state index contributed by atoms with van der Waals surface area (Å²) in [6.07, 6.45) is 7.17. The van der Waals surface area contributed by atoms with Gasteiger partial charge in [-0.15, -0.1) is 0 Å². The number of hydrogen-bond donors (Lipinski definition) is 1. The molecule has 0 saturated carbocycles. The Bertz CT molecular complexity index is 871. The third-order valence-electron chi connectivity index (χ3n) is 4.67. The van der Waals surface area contributed by atoms with E-state index in [0.29, 0.717) is 0 Å². The van der Waals surface area contributed by atoms with E-state index in [1.54, 1.807) is 0 Å². The van der Waals surface area contributed by atoms with E-state index < -0.39 is 0 Å². The largest absolute Gasteiger partial charge is 0.361 e. The Morgan fingerprint density at radius 2 is 2.25 bits per heavy atom. The molecule has 0 fully saturated rings. The van der Waals surface area contributed by atoms with Crippen molar-refractivity contribution in [3.05, 3.63) is 58.3 Å². The van der Waals surface area contributed by atoms with E-state index in [2.05, 4.69) is 28.0 Å². The molecule has 0 amide bonds. The predicted molar refractivity (Wildman–Crippen MR) is 97.2 cm³/mol. The van der Waals surface area contributed by atoms with Crippen LogP contribution in [0.15, 0.2) is 30.6 Å². The first-order valence-electron chi connectivity index (χ1n) is 8.54. The normalized spacial score (nSPS) is 14.9. The molecular formula is C19H21ClN4. The van der Waals surface area contributed by atoms with Gasteiger partial charge in [0.25, 0.3) is 0 Å². The van der Waals surface area contributed by atoms with Gasteiger partial charge in [-0.25, -0.2) is 9.97 Å². The third-order valence-corrected chi connectivity index (χ3v) is 4.91. The van der Waals surface area contributed by atoms with Gasteiger partial charge in [0.05, 0.1) is 5.69 Å².